The number of nitrogens with zero attached hydrogens (tertiary/aromatic N) is 1. The van der Waals surface area contributed by atoms with Crippen molar-refractivity contribution in [3.8, 4) is 10.4 Å². The van der Waals surface area contributed by atoms with Crippen molar-refractivity contribution < 1.29 is 4.79 Å². The summed E-state index contributed by atoms with van der Waals surface area (Å²) in [7, 11) is 0. The second-order valence-corrected chi connectivity index (χ2v) is 7.93. The van der Waals surface area contributed by atoms with Crippen molar-refractivity contribution in [2.24, 2.45) is 5.92 Å². The Balaban J connectivity index is 1.44. The van der Waals surface area contributed by atoms with Crippen LogP contribution in [0.4, 0.5) is 0 Å². The summed E-state index contributed by atoms with van der Waals surface area (Å²) < 4.78 is 0. The number of rotatable bonds is 3. The SMILES string of the molecule is Cc1ccc(-c2ccc(C(=O)N[C@H]3C[C@H]4CCN(C4)C3)s2)cc1. The summed E-state index contributed by atoms with van der Waals surface area (Å²) in [5, 5.41) is 3.24. The maximum Gasteiger partial charge on any atom is 0.261 e. The van der Waals surface area contributed by atoms with Gasteiger partial charge in [-0.1, -0.05) is 29.8 Å². The van der Waals surface area contributed by atoms with Crippen LogP contribution in [0.5, 0.6) is 0 Å². The summed E-state index contributed by atoms with van der Waals surface area (Å²) in [4.78, 5) is 17.0. The molecule has 1 aromatic heterocycles. The maximum atomic E-state index is 12.5. The number of carbonyl (C=O) groups is 1. The van der Waals surface area contributed by atoms with Gasteiger partial charge in [0.25, 0.3) is 5.91 Å². The average molecular weight is 326 g/mol. The smallest absolute Gasteiger partial charge is 0.261 e. The van der Waals surface area contributed by atoms with E-state index in [-0.39, 0.29) is 5.91 Å². The minimum atomic E-state index is 0.0841. The molecule has 2 fully saturated rings. The highest BCUT2D eigenvalue weighted by atomic mass is 32.1. The molecular weight excluding hydrogens is 304 g/mol. The van der Waals surface area contributed by atoms with Crippen molar-refractivity contribution in [2.75, 3.05) is 19.6 Å². The summed E-state index contributed by atoms with van der Waals surface area (Å²) in [6.07, 6.45) is 2.43. The maximum absolute atomic E-state index is 12.5. The molecule has 2 aliphatic heterocycles. The lowest BCUT2D eigenvalue weighted by atomic mass is 9.97. The third-order valence-electron chi connectivity index (χ3n) is 4.97. The summed E-state index contributed by atoms with van der Waals surface area (Å²) in [5.41, 5.74) is 2.44. The quantitative estimate of drug-likeness (QED) is 0.935. The standard InChI is InChI=1S/C19H22N2OS/c1-13-2-4-15(5-3-13)17-6-7-18(23-17)19(22)20-16-10-14-8-9-21(11-14)12-16/h2-7,14,16H,8-12H2,1H3,(H,20,22)/t14-,16+/m1/s1. The van der Waals surface area contributed by atoms with Gasteiger partial charge in [-0.05, 0) is 49.9 Å². The van der Waals surface area contributed by atoms with Crippen LogP contribution < -0.4 is 5.32 Å². The number of nitrogens with one attached hydrogen (secondary N) is 1. The number of hydrogen-bond acceptors (Lipinski definition) is 3. The van der Waals surface area contributed by atoms with Crippen molar-refractivity contribution in [1.29, 1.82) is 0 Å². The Morgan fingerprint density at radius 3 is 2.78 bits per heavy atom. The Morgan fingerprint density at radius 2 is 2.00 bits per heavy atom. The molecule has 4 rings (SSSR count). The fourth-order valence-electron chi connectivity index (χ4n) is 3.75. The second kappa shape index (κ2) is 6.10. The molecule has 120 valence electrons. The molecule has 3 nitrogen and oxygen atoms in total. The molecule has 3 heterocycles. The van der Waals surface area contributed by atoms with Crippen LogP contribution >= 0.6 is 11.3 Å². The zero-order valence-electron chi connectivity index (χ0n) is 13.4. The third-order valence-corrected chi connectivity index (χ3v) is 6.10. The van der Waals surface area contributed by atoms with E-state index in [1.807, 2.05) is 6.07 Å². The van der Waals surface area contributed by atoms with E-state index in [0.717, 1.165) is 28.6 Å². The number of fused-ring (bicyclic) bond motifs is 2. The highest BCUT2D eigenvalue weighted by Crippen LogP contribution is 2.30. The number of amides is 1. The van der Waals surface area contributed by atoms with Gasteiger partial charge in [0.1, 0.15) is 0 Å². The Bertz CT molecular complexity index is 694. The molecule has 0 saturated carbocycles. The monoisotopic (exact) mass is 326 g/mol. The summed E-state index contributed by atoms with van der Waals surface area (Å²) in [5.74, 6) is 0.862. The first-order valence-electron chi connectivity index (χ1n) is 8.37. The van der Waals surface area contributed by atoms with E-state index >= 15 is 0 Å². The first-order chi connectivity index (χ1) is 11.2. The van der Waals surface area contributed by atoms with Gasteiger partial charge in [0.05, 0.1) is 4.88 Å². The van der Waals surface area contributed by atoms with Gasteiger partial charge in [0.2, 0.25) is 0 Å². The van der Waals surface area contributed by atoms with E-state index in [0.29, 0.717) is 6.04 Å². The van der Waals surface area contributed by atoms with Crippen LogP contribution in [-0.2, 0) is 0 Å². The number of aryl methyl sites for hydroxylation is 1. The van der Waals surface area contributed by atoms with Crippen LogP contribution in [0.25, 0.3) is 10.4 Å². The summed E-state index contributed by atoms with van der Waals surface area (Å²) >= 11 is 1.58. The summed E-state index contributed by atoms with van der Waals surface area (Å²) in [6, 6.07) is 12.8. The molecule has 1 amide bonds. The summed E-state index contributed by atoms with van der Waals surface area (Å²) in [6.45, 7) is 5.53. The predicted octanol–water partition coefficient (Wildman–Crippen LogP) is 3.55. The van der Waals surface area contributed by atoms with Crippen LogP contribution in [0.2, 0.25) is 0 Å². The lowest BCUT2D eigenvalue weighted by Gasteiger charge is -2.30. The molecule has 3 atom stereocenters. The highest BCUT2D eigenvalue weighted by molar-refractivity contribution is 7.17. The zero-order chi connectivity index (χ0) is 15.8. The molecule has 2 aromatic rings. The Hall–Kier alpha value is -1.65. The van der Waals surface area contributed by atoms with Gasteiger partial charge in [0.15, 0.2) is 0 Å². The van der Waals surface area contributed by atoms with Gasteiger partial charge >= 0.3 is 0 Å². The zero-order valence-corrected chi connectivity index (χ0v) is 14.2. The number of hydrogen-bond donors (Lipinski definition) is 1. The first kappa shape index (κ1) is 14.9. The molecule has 0 aliphatic carbocycles. The van der Waals surface area contributed by atoms with Crippen LogP contribution in [0, 0.1) is 12.8 Å². The molecule has 23 heavy (non-hydrogen) atoms. The molecule has 1 unspecified atom stereocenters. The van der Waals surface area contributed by atoms with Gasteiger partial charge in [-0.25, -0.2) is 0 Å². The molecule has 0 spiro atoms. The number of carbonyl (C=O) groups excluding carboxylic acids is 1. The van der Waals surface area contributed by atoms with Crippen LogP contribution in [0.15, 0.2) is 36.4 Å². The van der Waals surface area contributed by atoms with E-state index in [1.165, 1.54) is 30.6 Å². The largest absolute Gasteiger partial charge is 0.347 e. The molecule has 2 saturated heterocycles. The van der Waals surface area contributed by atoms with Crippen molar-refractivity contribution in [3.63, 3.8) is 0 Å². The number of benzene rings is 1. The normalized spacial score (nSPS) is 26.2. The van der Waals surface area contributed by atoms with E-state index < -0.39 is 0 Å². The van der Waals surface area contributed by atoms with Crippen molar-refractivity contribution in [3.05, 3.63) is 46.8 Å². The molecule has 0 radical (unpaired) electrons. The van der Waals surface area contributed by atoms with E-state index in [1.54, 1.807) is 11.3 Å². The van der Waals surface area contributed by atoms with Gasteiger partial charge in [-0.3, -0.25) is 4.79 Å². The van der Waals surface area contributed by atoms with Gasteiger partial charge in [-0.2, -0.15) is 0 Å². The first-order valence-corrected chi connectivity index (χ1v) is 9.19. The topological polar surface area (TPSA) is 32.3 Å². The van der Waals surface area contributed by atoms with E-state index in [2.05, 4.69) is 47.5 Å². The second-order valence-electron chi connectivity index (χ2n) is 6.85. The molecule has 1 N–H and O–H groups in total. The van der Waals surface area contributed by atoms with Gasteiger partial charge in [-0.15, -0.1) is 11.3 Å². The minimum absolute atomic E-state index is 0.0841. The lowest BCUT2D eigenvalue weighted by Crippen LogP contribution is -2.46. The molecule has 2 aliphatic rings. The van der Waals surface area contributed by atoms with Crippen molar-refractivity contribution in [2.45, 2.75) is 25.8 Å². The van der Waals surface area contributed by atoms with Crippen molar-refractivity contribution in [1.82, 2.24) is 10.2 Å². The van der Waals surface area contributed by atoms with Gasteiger partial charge < -0.3 is 10.2 Å². The minimum Gasteiger partial charge on any atom is -0.347 e. The number of piperidine rings is 1. The highest BCUT2D eigenvalue weighted by Gasteiger charge is 2.33. The Morgan fingerprint density at radius 1 is 1.17 bits per heavy atom. The Labute approximate surface area is 141 Å². The van der Waals surface area contributed by atoms with E-state index in [9.17, 15) is 4.79 Å². The van der Waals surface area contributed by atoms with E-state index in [4.69, 9.17) is 0 Å². The number of thiophene rings is 1. The molecular formula is C19H22N2OS. The average Bonchev–Trinajstić information content (AvgIpc) is 3.15. The fraction of sp³-hybridized carbons (Fsp3) is 0.421. The van der Waals surface area contributed by atoms with Crippen molar-refractivity contribution >= 4 is 17.2 Å². The lowest BCUT2D eigenvalue weighted by molar-refractivity contribution is 0.0913. The van der Waals surface area contributed by atoms with Crippen LogP contribution in [-0.4, -0.2) is 36.5 Å². The van der Waals surface area contributed by atoms with Crippen LogP contribution in [0.3, 0.4) is 0 Å². The molecule has 2 bridgehead atoms. The molecule has 4 heteroatoms. The van der Waals surface area contributed by atoms with Gasteiger partial charge in [0, 0.05) is 24.0 Å². The fourth-order valence-corrected chi connectivity index (χ4v) is 4.67. The Kier molecular flexibility index (Phi) is 3.95. The third kappa shape index (κ3) is 3.19. The predicted molar refractivity (Wildman–Crippen MR) is 94.9 cm³/mol. The molecule has 1 aromatic carbocycles. The van der Waals surface area contributed by atoms with Crippen LogP contribution in [0.1, 0.15) is 28.1 Å².